The van der Waals surface area contributed by atoms with Crippen molar-refractivity contribution in [3.63, 3.8) is 0 Å². The van der Waals surface area contributed by atoms with Crippen molar-refractivity contribution in [1.29, 1.82) is 0 Å². The second-order valence-corrected chi connectivity index (χ2v) is 16.7. The average Bonchev–Trinajstić information content (AvgIpc) is 3.41. The smallest absolute Gasteiger partial charge is 0.328 e. The number of methoxy groups -OCH3 is 1. The quantitative estimate of drug-likeness (QED) is 0.167. The number of carbonyl (C=O) groups is 3. The molecule has 4 aliphatic rings. The molecule has 7 nitrogen and oxygen atoms in total. The molecule has 0 bridgehead atoms. The molecule has 0 aromatic heterocycles. The number of esters is 2. The minimum Gasteiger partial charge on any atom is -0.467 e. The van der Waals surface area contributed by atoms with Crippen molar-refractivity contribution in [3.05, 3.63) is 47.5 Å². The lowest BCUT2D eigenvalue weighted by Crippen LogP contribution is -2.51. The molecular weight excluding hydrogens is 600 g/mol. The number of nitrogens with two attached hydrogens (primary N) is 1. The van der Waals surface area contributed by atoms with E-state index < -0.39 is 29.9 Å². The Bertz CT molecular complexity index is 1310. The molecule has 3 unspecified atom stereocenters. The SMILES string of the molecule is COC(=O)C(Cc1ccccc1)NC(=O)C(N)CC(=O)OC1CC[C@@]2(C)C(=CC[C@H]3[C@@H]4CC[C@H]([C@H](C)CCCC(C)C)[C@@]4(C)CC[C@@H]32)C1. The van der Waals surface area contributed by atoms with E-state index in [2.05, 4.69) is 46.0 Å². The normalized spacial score (nSPS) is 32.9. The third-order valence-corrected chi connectivity index (χ3v) is 13.4. The number of benzene rings is 1. The van der Waals surface area contributed by atoms with Crippen LogP contribution in [0.3, 0.4) is 0 Å². The topological polar surface area (TPSA) is 108 Å². The molecule has 1 amide bonds. The zero-order valence-electron chi connectivity index (χ0n) is 30.5. The van der Waals surface area contributed by atoms with Gasteiger partial charge in [0, 0.05) is 12.8 Å². The summed E-state index contributed by atoms with van der Waals surface area (Å²) in [5.41, 5.74) is 9.14. The fourth-order valence-corrected chi connectivity index (χ4v) is 10.7. The van der Waals surface area contributed by atoms with Crippen molar-refractivity contribution in [3.8, 4) is 0 Å². The summed E-state index contributed by atoms with van der Waals surface area (Å²) in [6.45, 7) is 12.4. The van der Waals surface area contributed by atoms with Gasteiger partial charge >= 0.3 is 11.9 Å². The number of carbonyl (C=O) groups excluding carboxylic acids is 3. The van der Waals surface area contributed by atoms with E-state index in [1.807, 2.05) is 30.3 Å². The van der Waals surface area contributed by atoms with Crippen LogP contribution in [-0.4, -0.2) is 43.1 Å². The van der Waals surface area contributed by atoms with Crippen LogP contribution < -0.4 is 11.1 Å². The highest BCUT2D eigenvalue weighted by atomic mass is 16.5. The van der Waals surface area contributed by atoms with E-state index in [0.29, 0.717) is 11.3 Å². The highest BCUT2D eigenvalue weighted by Crippen LogP contribution is 2.67. The lowest BCUT2D eigenvalue weighted by atomic mass is 9.47. The fourth-order valence-electron chi connectivity index (χ4n) is 10.7. The Morgan fingerprint density at radius 2 is 1.73 bits per heavy atom. The van der Waals surface area contributed by atoms with Gasteiger partial charge in [0.15, 0.2) is 0 Å². The van der Waals surface area contributed by atoms with Crippen molar-refractivity contribution in [2.45, 2.75) is 136 Å². The lowest BCUT2D eigenvalue weighted by Gasteiger charge is -2.58. The van der Waals surface area contributed by atoms with E-state index in [0.717, 1.165) is 60.8 Å². The summed E-state index contributed by atoms with van der Waals surface area (Å²) in [6.07, 6.45) is 15.7. The third kappa shape index (κ3) is 7.87. The molecule has 0 aliphatic heterocycles. The number of hydrogen-bond donors (Lipinski definition) is 2. The molecule has 5 rings (SSSR count). The van der Waals surface area contributed by atoms with Crippen LogP contribution in [0, 0.1) is 46.3 Å². The van der Waals surface area contributed by atoms with Gasteiger partial charge in [0.05, 0.1) is 19.6 Å². The first kappa shape index (κ1) is 36.6. The maximum atomic E-state index is 13.0. The van der Waals surface area contributed by atoms with Gasteiger partial charge in [-0.25, -0.2) is 4.79 Å². The molecule has 48 heavy (non-hydrogen) atoms. The van der Waals surface area contributed by atoms with Gasteiger partial charge in [0.25, 0.3) is 0 Å². The van der Waals surface area contributed by atoms with Crippen molar-refractivity contribution in [1.82, 2.24) is 5.32 Å². The molecule has 7 heteroatoms. The van der Waals surface area contributed by atoms with Gasteiger partial charge in [-0.15, -0.1) is 0 Å². The largest absolute Gasteiger partial charge is 0.467 e. The summed E-state index contributed by atoms with van der Waals surface area (Å²) in [4.78, 5) is 38.3. The monoisotopic (exact) mass is 662 g/mol. The molecule has 3 N–H and O–H groups in total. The van der Waals surface area contributed by atoms with Crippen LogP contribution in [0.15, 0.2) is 42.0 Å². The lowest BCUT2D eigenvalue weighted by molar-refractivity contribution is -0.153. The van der Waals surface area contributed by atoms with Crippen molar-refractivity contribution < 1.29 is 23.9 Å². The summed E-state index contributed by atoms with van der Waals surface area (Å²) < 4.78 is 10.9. The maximum absolute atomic E-state index is 13.0. The van der Waals surface area contributed by atoms with Crippen LogP contribution in [0.2, 0.25) is 0 Å². The number of fused-ring (bicyclic) bond motifs is 5. The molecule has 1 aromatic rings. The van der Waals surface area contributed by atoms with Gasteiger partial charge in [-0.2, -0.15) is 0 Å². The molecule has 3 saturated carbocycles. The van der Waals surface area contributed by atoms with Crippen LogP contribution in [0.1, 0.15) is 117 Å². The van der Waals surface area contributed by atoms with Crippen molar-refractivity contribution in [2.24, 2.45) is 52.1 Å². The van der Waals surface area contributed by atoms with Crippen molar-refractivity contribution >= 4 is 17.8 Å². The first-order chi connectivity index (χ1) is 22.9. The number of hydrogen-bond acceptors (Lipinski definition) is 6. The first-order valence-corrected chi connectivity index (χ1v) is 18.9. The molecule has 1 aromatic carbocycles. The highest BCUT2D eigenvalue weighted by molar-refractivity contribution is 5.90. The average molecular weight is 663 g/mol. The number of allylic oxidation sites excluding steroid dienone is 1. The molecule has 0 spiro atoms. The first-order valence-electron chi connectivity index (χ1n) is 18.9. The molecule has 3 fully saturated rings. The number of amides is 1. The van der Waals surface area contributed by atoms with E-state index in [4.69, 9.17) is 15.2 Å². The molecule has 0 saturated heterocycles. The van der Waals surface area contributed by atoms with E-state index in [1.165, 1.54) is 57.6 Å². The van der Waals surface area contributed by atoms with E-state index in [1.54, 1.807) is 0 Å². The Kier molecular flexibility index (Phi) is 11.8. The van der Waals surface area contributed by atoms with Gasteiger partial charge in [0.1, 0.15) is 12.1 Å². The molecular formula is C41H62N2O5. The summed E-state index contributed by atoms with van der Waals surface area (Å²) >= 11 is 0. The second kappa shape index (κ2) is 15.5. The zero-order chi connectivity index (χ0) is 34.6. The van der Waals surface area contributed by atoms with Gasteiger partial charge in [-0.3, -0.25) is 9.59 Å². The Balaban J connectivity index is 1.14. The molecule has 0 heterocycles. The van der Waals surface area contributed by atoms with Crippen LogP contribution >= 0.6 is 0 Å². The second-order valence-electron chi connectivity index (χ2n) is 16.7. The summed E-state index contributed by atoms with van der Waals surface area (Å²) in [5.74, 6) is 3.15. The summed E-state index contributed by atoms with van der Waals surface area (Å²) in [7, 11) is 1.28. The van der Waals surface area contributed by atoms with E-state index in [9.17, 15) is 14.4 Å². The van der Waals surface area contributed by atoms with Crippen LogP contribution in [0.4, 0.5) is 0 Å². The predicted octanol–water partition coefficient (Wildman–Crippen LogP) is 7.56. The molecule has 10 atom stereocenters. The minimum absolute atomic E-state index is 0.173. The van der Waals surface area contributed by atoms with Gasteiger partial charge in [0.2, 0.25) is 5.91 Å². The fraction of sp³-hybridized carbons (Fsp3) is 0.732. The Hall–Kier alpha value is -2.67. The number of rotatable bonds is 13. The Labute approximate surface area is 289 Å². The highest BCUT2D eigenvalue weighted by Gasteiger charge is 2.59. The van der Waals surface area contributed by atoms with Gasteiger partial charge in [-0.05, 0) is 96.8 Å². The number of ether oxygens (including phenoxy) is 2. The third-order valence-electron chi connectivity index (χ3n) is 13.4. The molecule has 266 valence electrons. The van der Waals surface area contributed by atoms with Crippen LogP contribution in [0.5, 0.6) is 0 Å². The van der Waals surface area contributed by atoms with E-state index >= 15 is 0 Å². The maximum Gasteiger partial charge on any atom is 0.328 e. The minimum atomic E-state index is -1.12. The van der Waals surface area contributed by atoms with Gasteiger partial charge < -0.3 is 20.5 Å². The molecule has 0 radical (unpaired) electrons. The predicted molar refractivity (Wildman–Crippen MR) is 190 cm³/mol. The zero-order valence-corrected chi connectivity index (χ0v) is 30.5. The standard InChI is InChI=1S/C41H62N2O5/c1-26(2)11-10-12-27(3)32-17-18-33-31-16-15-29-24-30(19-21-40(29,4)34(31)20-22-41(32,33)5)48-37(44)25-35(42)38(45)43-36(39(46)47-6)23-28-13-8-7-9-14-28/h7-9,13-15,26-27,30-36H,10-12,16-25,42H2,1-6H3,(H,43,45)/t27-,30?,31+,32-,33+,34+,35?,36?,40+,41-/m1/s1. The number of nitrogens with one attached hydrogen (secondary N) is 1. The summed E-state index contributed by atoms with van der Waals surface area (Å²) in [5, 5.41) is 2.68. The Morgan fingerprint density at radius 1 is 0.979 bits per heavy atom. The van der Waals surface area contributed by atoms with Gasteiger partial charge in [-0.1, -0.05) is 95.9 Å². The summed E-state index contributed by atoms with van der Waals surface area (Å²) in [6, 6.07) is 7.37. The van der Waals surface area contributed by atoms with Crippen LogP contribution in [0.25, 0.3) is 0 Å². The molecule has 4 aliphatic carbocycles. The van der Waals surface area contributed by atoms with Crippen LogP contribution in [-0.2, 0) is 30.3 Å². The van der Waals surface area contributed by atoms with E-state index in [-0.39, 0.29) is 24.4 Å². The van der Waals surface area contributed by atoms with Crippen molar-refractivity contribution in [2.75, 3.05) is 7.11 Å². The Morgan fingerprint density at radius 3 is 2.44 bits per heavy atom.